The number of aromatic nitrogens is 3. The Hall–Kier alpha value is -2.96. The molecule has 1 fully saturated rings. The lowest BCUT2D eigenvalue weighted by Gasteiger charge is -2.31. The van der Waals surface area contributed by atoms with E-state index in [0.717, 1.165) is 22.5 Å². The minimum absolute atomic E-state index is 0.0352. The fourth-order valence-corrected chi connectivity index (χ4v) is 3.46. The average Bonchev–Trinajstić information content (AvgIpc) is 2.99. The van der Waals surface area contributed by atoms with Gasteiger partial charge in [0.05, 0.1) is 22.5 Å². The van der Waals surface area contributed by atoms with Crippen LogP contribution >= 0.6 is 0 Å². The molecule has 0 atom stereocenters. The zero-order valence-electron chi connectivity index (χ0n) is 14.4. The predicted octanol–water partition coefficient (Wildman–Crippen LogP) is 3.37. The lowest BCUT2D eigenvalue weighted by Crippen LogP contribution is -2.34. The molecule has 2 aromatic heterocycles. The van der Waals surface area contributed by atoms with Crippen LogP contribution in [-0.2, 0) is 0 Å². The van der Waals surface area contributed by atoms with Crippen LogP contribution in [0.25, 0.3) is 16.7 Å². The van der Waals surface area contributed by atoms with Gasteiger partial charge in [-0.05, 0) is 38.0 Å². The van der Waals surface area contributed by atoms with Crippen molar-refractivity contribution in [1.29, 1.82) is 0 Å². The number of carboxylic acids is 1. The largest absolute Gasteiger partial charge is 0.477 e. The first-order valence-corrected chi connectivity index (χ1v) is 8.62. The van der Waals surface area contributed by atoms with E-state index in [9.17, 15) is 14.3 Å². The fourth-order valence-electron chi connectivity index (χ4n) is 3.46. The van der Waals surface area contributed by atoms with Crippen molar-refractivity contribution in [2.75, 3.05) is 18.0 Å². The second-order valence-corrected chi connectivity index (χ2v) is 6.52. The van der Waals surface area contributed by atoms with Gasteiger partial charge in [0.25, 0.3) is 0 Å². The maximum Gasteiger partial charge on any atom is 0.354 e. The van der Waals surface area contributed by atoms with Crippen LogP contribution in [0.2, 0.25) is 0 Å². The average molecular weight is 354 g/mol. The Bertz CT molecular complexity index is 963. The highest BCUT2D eigenvalue weighted by Gasteiger charge is 2.25. The molecule has 3 heterocycles. The molecular formula is C19H19FN4O2. The highest BCUT2D eigenvalue weighted by Crippen LogP contribution is 2.33. The molecule has 0 saturated carbocycles. The number of carbonyl (C=O) groups is 1. The maximum absolute atomic E-state index is 13.5. The molecule has 134 valence electrons. The molecular weight excluding hydrogens is 335 g/mol. The number of benzene rings is 1. The van der Waals surface area contributed by atoms with Crippen LogP contribution in [0.5, 0.6) is 0 Å². The highest BCUT2D eigenvalue weighted by atomic mass is 19.1. The minimum Gasteiger partial charge on any atom is -0.477 e. The van der Waals surface area contributed by atoms with Gasteiger partial charge in [-0.15, -0.1) is 0 Å². The molecule has 1 aromatic carbocycles. The quantitative estimate of drug-likeness (QED) is 0.781. The van der Waals surface area contributed by atoms with E-state index >= 15 is 0 Å². The van der Waals surface area contributed by atoms with Crippen molar-refractivity contribution in [2.45, 2.75) is 25.9 Å². The molecule has 0 spiro atoms. The molecule has 6 nitrogen and oxygen atoms in total. The zero-order chi connectivity index (χ0) is 18.3. The third-order valence-electron chi connectivity index (χ3n) is 4.78. The molecule has 26 heavy (non-hydrogen) atoms. The topological polar surface area (TPSA) is 71.2 Å². The van der Waals surface area contributed by atoms with E-state index < -0.39 is 12.1 Å². The van der Waals surface area contributed by atoms with E-state index in [1.165, 1.54) is 0 Å². The molecule has 1 aliphatic heterocycles. The van der Waals surface area contributed by atoms with Gasteiger partial charge in [-0.1, -0.05) is 18.2 Å². The number of fused-ring (bicyclic) bond motifs is 1. The van der Waals surface area contributed by atoms with Gasteiger partial charge in [0, 0.05) is 13.1 Å². The summed E-state index contributed by atoms with van der Waals surface area (Å²) in [6.45, 7) is 2.99. The Morgan fingerprint density at radius 2 is 1.92 bits per heavy atom. The normalized spacial score (nSPS) is 15.5. The number of alkyl halides is 1. The number of piperidine rings is 1. The van der Waals surface area contributed by atoms with Crippen LogP contribution in [0, 0.1) is 6.92 Å². The number of aryl methyl sites for hydroxylation is 1. The second kappa shape index (κ2) is 6.40. The van der Waals surface area contributed by atoms with Crippen LogP contribution in [0.15, 0.2) is 36.4 Å². The van der Waals surface area contributed by atoms with Gasteiger partial charge < -0.3 is 10.0 Å². The predicted molar refractivity (Wildman–Crippen MR) is 96.9 cm³/mol. The van der Waals surface area contributed by atoms with Gasteiger partial charge in [0.15, 0.2) is 11.3 Å². The van der Waals surface area contributed by atoms with Gasteiger partial charge in [-0.2, -0.15) is 5.10 Å². The Morgan fingerprint density at radius 3 is 2.58 bits per heavy atom. The van der Waals surface area contributed by atoms with E-state index in [1.54, 1.807) is 10.7 Å². The first-order chi connectivity index (χ1) is 12.5. The van der Waals surface area contributed by atoms with Crippen molar-refractivity contribution >= 4 is 22.7 Å². The van der Waals surface area contributed by atoms with Crippen molar-refractivity contribution < 1.29 is 14.3 Å². The summed E-state index contributed by atoms with van der Waals surface area (Å²) in [5.41, 5.74) is 2.82. The summed E-state index contributed by atoms with van der Waals surface area (Å²) >= 11 is 0. The number of anilines is 1. The molecule has 7 heteroatoms. The number of halogens is 1. The Balaban J connectivity index is 1.94. The van der Waals surface area contributed by atoms with Crippen molar-refractivity contribution in [3.63, 3.8) is 0 Å². The monoisotopic (exact) mass is 354 g/mol. The number of pyridine rings is 1. The fraction of sp³-hybridized carbons (Fsp3) is 0.316. The summed E-state index contributed by atoms with van der Waals surface area (Å²) < 4.78 is 15.2. The number of para-hydroxylation sites is 1. The number of hydrogen-bond donors (Lipinski definition) is 1. The molecule has 1 saturated heterocycles. The molecule has 3 aromatic rings. The number of nitrogens with zero attached hydrogens (tertiary/aromatic N) is 4. The third kappa shape index (κ3) is 2.79. The van der Waals surface area contributed by atoms with E-state index in [0.29, 0.717) is 31.6 Å². The van der Waals surface area contributed by atoms with Crippen LogP contribution in [0.3, 0.4) is 0 Å². The van der Waals surface area contributed by atoms with Crippen molar-refractivity contribution in [2.24, 2.45) is 0 Å². The molecule has 4 rings (SSSR count). The molecule has 0 bridgehead atoms. The molecule has 0 aliphatic carbocycles. The van der Waals surface area contributed by atoms with Crippen LogP contribution in [-0.4, -0.2) is 45.1 Å². The van der Waals surface area contributed by atoms with E-state index in [2.05, 4.69) is 10.1 Å². The number of rotatable bonds is 3. The number of aromatic carboxylic acids is 1. The Kier molecular flexibility index (Phi) is 4.06. The zero-order valence-corrected chi connectivity index (χ0v) is 14.4. The maximum atomic E-state index is 13.5. The number of carboxylic acid groups (broad SMARTS) is 1. The van der Waals surface area contributed by atoms with Gasteiger partial charge >= 0.3 is 5.97 Å². The van der Waals surface area contributed by atoms with Crippen molar-refractivity contribution in [3.05, 3.63) is 47.8 Å². The summed E-state index contributed by atoms with van der Waals surface area (Å²) in [6.07, 6.45) is 0.0894. The van der Waals surface area contributed by atoms with Gasteiger partial charge in [0.1, 0.15) is 6.17 Å². The van der Waals surface area contributed by atoms with Crippen LogP contribution < -0.4 is 4.90 Å². The van der Waals surface area contributed by atoms with Crippen molar-refractivity contribution in [1.82, 2.24) is 14.8 Å². The van der Waals surface area contributed by atoms with Gasteiger partial charge in [-0.25, -0.2) is 18.9 Å². The van der Waals surface area contributed by atoms with Crippen LogP contribution in [0.1, 0.15) is 29.0 Å². The molecule has 1 N–H and O–H groups in total. The number of hydrogen-bond acceptors (Lipinski definition) is 4. The summed E-state index contributed by atoms with van der Waals surface area (Å²) in [6, 6.07) is 11.1. The summed E-state index contributed by atoms with van der Waals surface area (Å²) in [5.74, 6) is -1.09. The lowest BCUT2D eigenvalue weighted by atomic mass is 10.1. The van der Waals surface area contributed by atoms with E-state index in [-0.39, 0.29) is 5.69 Å². The summed E-state index contributed by atoms with van der Waals surface area (Å²) in [7, 11) is 0. The minimum atomic E-state index is -1.09. The van der Waals surface area contributed by atoms with Crippen molar-refractivity contribution in [3.8, 4) is 5.69 Å². The molecule has 0 amide bonds. The Labute approximate surface area is 149 Å². The van der Waals surface area contributed by atoms with Gasteiger partial charge in [-0.3, -0.25) is 0 Å². The smallest absolute Gasteiger partial charge is 0.354 e. The summed E-state index contributed by atoms with van der Waals surface area (Å²) in [4.78, 5) is 18.0. The molecule has 0 radical (unpaired) electrons. The van der Waals surface area contributed by atoms with E-state index in [4.69, 9.17) is 0 Å². The first-order valence-electron chi connectivity index (χ1n) is 8.62. The lowest BCUT2D eigenvalue weighted by molar-refractivity contribution is 0.0691. The van der Waals surface area contributed by atoms with Gasteiger partial charge in [0.2, 0.25) is 0 Å². The molecule has 1 aliphatic rings. The third-order valence-corrected chi connectivity index (χ3v) is 4.78. The second-order valence-electron chi connectivity index (χ2n) is 6.52. The SMILES string of the molecule is Cc1nn(-c2ccccc2)c2nc(C(=O)O)cc(N3CCC(F)CC3)c12. The van der Waals surface area contributed by atoms with E-state index in [1.807, 2.05) is 42.2 Å². The van der Waals surface area contributed by atoms with Crippen LogP contribution in [0.4, 0.5) is 10.1 Å². The molecule has 0 unspecified atom stereocenters. The Morgan fingerprint density at radius 1 is 1.23 bits per heavy atom. The standard InChI is InChI=1S/C19H19FN4O2/c1-12-17-16(23-9-7-13(20)8-10-23)11-15(19(25)26)21-18(17)24(22-12)14-5-3-2-4-6-14/h2-6,11,13H,7-10H2,1H3,(H,25,26). The highest BCUT2D eigenvalue weighted by molar-refractivity contribution is 5.98. The first kappa shape index (κ1) is 16.5. The summed E-state index contributed by atoms with van der Waals surface area (Å²) in [5, 5.41) is 14.9.